The molecule has 0 bridgehead atoms. The number of benzene rings is 2. The van der Waals surface area contributed by atoms with E-state index in [0.29, 0.717) is 12.3 Å². The first-order chi connectivity index (χ1) is 13.7. The smallest absolute Gasteiger partial charge is 0.410 e. The molecule has 1 amide bonds. The van der Waals surface area contributed by atoms with Crippen molar-refractivity contribution in [1.82, 2.24) is 10.2 Å². The van der Waals surface area contributed by atoms with Crippen LogP contribution in [0.2, 0.25) is 0 Å². The molecule has 2 aliphatic heterocycles. The normalized spacial score (nSPS) is 22.8. The van der Waals surface area contributed by atoms with E-state index in [1.165, 1.54) is 12.1 Å². The average molecular weight is 386 g/mol. The Morgan fingerprint density at radius 1 is 1.14 bits per heavy atom. The van der Waals surface area contributed by atoms with Crippen molar-refractivity contribution in [3.05, 3.63) is 66.0 Å². The van der Waals surface area contributed by atoms with Gasteiger partial charge in [-0.1, -0.05) is 44.2 Å². The molecule has 2 aromatic carbocycles. The molecule has 5 nitrogen and oxygen atoms in total. The molecule has 3 atom stereocenters. The highest BCUT2D eigenvalue weighted by molar-refractivity contribution is 5.69. The molecule has 2 fully saturated rings. The number of nitrogens with one attached hydrogen (secondary N) is 1. The molecule has 1 unspecified atom stereocenters. The molecule has 0 aromatic heterocycles. The Kier molecular flexibility index (Phi) is 6.87. The molecule has 2 aliphatic rings. The van der Waals surface area contributed by atoms with Gasteiger partial charge in [0.2, 0.25) is 0 Å². The summed E-state index contributed by atoms with van der Waals surface area (Å²) in [7, 11) is 0. The highest BCUT2D eigenvalue weighted by Gasteiger charge is 2.48. The molecular weight excluding hydrogens is 359 g/mol. The quantitative estimate of drug-likeness (QED) is 0.864. The maximum Gasteiger partial charge on any atom is 0.410 e. The van der Waals surface area contributed by atoms with E-state index >= 15 is 0 Å². The van der Waals surface area contributed by atoms with Gasteiger partial charge in [-0.25, -0.2) is 9.18 Å². The SMILES string of the molecule is CC.O=C(OCc1ccccc1)N1C[C@H](Oc2ccc(F)cc2)C2NCC[C@H]21. The van der Waals surface area contributed by atoms with Gasteiger partial charge in [-0.15, -0.1) is 0 Å². The van der Waals surface area contributed by atoms with Crippen molar-refractivity contribution < 1.29 is 18.7 Å². The number of amides is 1. The Balaban J connectivity index is 0.00000109. The Labute approximate surface area is 165 Å². The summed E-state index contributed by atoms with van der Waals surface area (Å²) in [5.41, 5.74) is 0.959. The molecule has 6 heteroatoms. The van der Waals surface area contributed by atoms with Crippen LogP contribution in [0.4, 0.5) is 9.18 Å². The van der Waals surface area contributed by atoms with Crippen molar-refractivity contribution in [2.45, 2.75) is 45.1 Å². The van der Waals surface area contributed by atoms with E-state index in [1.807, 2.05) is 44.2 Å². The van der Waals surface area contributed by atoms with Gasteiger partial charge < -0.3 is 14.8 Å². The van der Waals surface area contributed by atoms with Crippen LogP contribution < -0.4 is 10.1 Å². The van der Waals surface area contributed by atoms with Crippen molar-refractivity contribution in [2.75, 3.05) is 13.1 Å². The predicted molar refractivity (Wildman–Crippen MR) is 106 cm³/mol. The number of rotatable bonds is 4. The zero-order valence-corrected chi connectivity index (χ0v) is 16.3. The van der Waals surface area contributed by atoms with Gasteiger partial charge in [-0.2, -0.15) is 0 Å². The van der Waals surface area contributed by atoms with Gasteiger partial charge in [-0.3, -0.25) is 4.90 Å². The first-order valence-corrected chi connectivity index (χ1v) is 9.83. The largest absolute Gasteiger partial charge is 0.487 e. The number of halogens is 1. The van der Waals surface area contributed by atoms with Crippen molar-refractivity contribution >= 4 is 6.09 Å². The number of hydrogen-bond acceptors (Lipinski definition) is 4. The lowest BCUT2D eigenvalue weighted by Gasteiger charge is -2.21. The lowest BCUT2D eigenvalue weighted by molar-refractivity contribution is 0.0889. The zero-order valence-electron chi connectivity index (χ0n) is 16.3. The van der Waals surface area contributed by atoms with Crippen LogP contribution in [0, 0.1) is 5.82 Å². The molecule has 2 saturated heterocycles. The van der Waals surface area contributed by atoms with Gasteiger partial charge in [0.15, 0.2) is 0 Å². The number of hydrogen-bond donors (Lipinski definition) is 1. The number of likely N-dealkylation sites (tertiary alicyclic amines) is 1. The molecule has 0 radical (unpaired) electrons. The standard InChI is InChI=1S/C20H21FN2O3.C2H6/c21-15-6-8-16(9-7-15)26-18-12-23(17-10-11-22-19(17)18)20(24)25-13-14-4-2-1-3-5-14;1-2/h1-9,17-19,22H,10-13H2;1-2H3/t17-,18+,19?;/m1./s1. The van der Waals surface area contributed by atoms with E-state index in [9.17, 15) is 9.18 Å². The second kappa shape index (κ2) is 9.55. The molecule has 150 valence electrons. The minimum absolute atomic E-state index is 0.0590. The van der Waals surface area contributed by atoms with Crippen LogP contribution in [-0.2, 0) is 11.3 Å². The molecule has 1 N–H and O–H groups in total. The summed E-state index contributed by atoms with van der Waals surface area (Å²) in [6, 6.07) is 15.7. The second-order valence-electron chi connectivity index (χ2n) is 6.64. The zero-order chi connectivity index (χ0) is 19.9. The Morgan fingerprint density at radius 2 is 1.86 bits per heavy atom. The van der Waals surface area contributed by atoms with Gasteiger partial charge >= 0.3 is 6.09 Å². The fourth-order valence-electron chi connectivity index (χ4n) is 3.70. The summed E-state index contributed by atoms with van der Waals surface area (Å²) < 4.78 is 24.6. The topological polar surface area (TPSA) is 50.8 Å². The van der Waals surface area contributed by atoms with Crippen LogP contribution in [0.25, 0.3) is 0 Å². The third-order valence-corrected chi connectivity index (χ3v) is 4.95. The van der Waals surface area contributed by atoms with E-state index in [4.69, 9.17) is 9.47 Å². The van der Waals surface area contributed by atoms with E-state index < -0.39 is 0 Å². The Hall–Kier alpha value is -2.60. The van der Waals surface area contributed by atoms with Gasteiger partial charge in [0.1, 0.15) is 24.3 Å². The van der Waals surface area contributed by atoms with Gasteiger partial charge in [0, 0.05) is 0 Å². The minimum Gasteiger partial charge on any atom is -0.487 e. The summed E-state index contributed by atoms with van der Waals surface area (Å²) >= 11 is 0. The Bertz CT molecular complexity index is 754. The average Bonchev–Trinajstić information content (AvgIpc) is 3.34. The first-order valence-electron chi connectivity index (χ1n) is 9.83. The number of fused-ring (bicyclic) bond motifs is 1. The van der Waals surface area contributed by atoms with Crippen LogP contribution in [0.1, 0.15) is 25.8 Å². The van der Waals surface area contributed by atoms with Crippen LogP contribution in [0.5, 0.6) is 5.75 Å². The molecule has 2 heterocycles. The van der Waals surface area contributed by atoms with Crippen molar-refractivity contribution in [3.63, 3.8) is 0 Å². The summed E-state index contributed by atoms with van der Waals surface area (Å²) in [4.78, 5) is 14.3. The maximum atomic E-state index is 13.1. The number of ether oxygens (including phenoxy) is 2. The summed E-state index contributed by atoms with van der Waals surface area (Å²) in [5, 5.41) is 3.41. The van der Waals surface area contributed by atoms with Gasteiger partial charge in [0.25, 0.3) is 0 Å². The molecule has 0 saturated carbocycles. The van der Waals surface area contributed by atoms with E-state index in [2.05, 4.69) is 5.32 Å². The Morgan fingerprint density at radius 3 is 2.57 bits per heavy atom. The third-order valence-electron chi connectivity index (χ3n) is 4.95. The van der Waals surface area contributed by atoms with E-state index in [0.717, 1.165) is 18.5 Å². The monoisotopic (exact) mass is 386 g/mol. The molecule has 2 aromatic rings. The van der Waals surface area contributed by atoms with E-state index in [-0.39, 0.29) is 36.7 Å². The second-order valence-corrected chi connectivity index (χ2v) is 6.64. The van der Waals surface area contributed by atoms with E-state index in [1.54, 1.807) is 17.0 Å². The first kappa shape index (κ1) is 20.1. The number of carbonyl (C=O) groups is 1. The lowest BCUT2D eigenvalue weighted by Crippen LogP contribution is -2.41. The molecule has 28 heavy (non-hydrogen) atoms. The molecule has 0 aliphatic carbocycles. The third kappa shape index (κ3) is 4.62. The van der Waals surface area contributed by atoms with Crippen LogP contribution in [-0.4, -0.2) is 42.3 Å². The highest BCUT2D eigenvalue weighted by atomic mass is 19.1. The minimum atomic E-state index is -0.322. The van der Waals surface area contributed by atoms with Crippen LogP contribution >= 0.6 is 0 Å². The van der Waals surface area contributed by atoms with Gasteiger partial charge in [0.05, 0.1) is 18.6 Å². The van der Waals surface area contributed by atoms with Gasteiger partial charge in [-0.05, 0) is 42.8 Å². The predicted octanol–water partition coefficient (Wildman–Crippen LogP) is 3.98. The number of carbonyl (C=O) groups excluding carboxylic acids is 1. The van der Waals surface area contributed by atoms with Crippen molar-refractivity contribution in [2.24, 2.45) is 0 Å². The van der Waals surface area contributed by atoms with Crippen molar-refractivity contribution in [3.8, 4) is 5.75 Å². The molecular formula is C22H27FN2O3. The molecule has 0 spiro atoms. The highest BCUT2D eigenvalue weighted by Crippen LogP contribution is 2.29. The summed E-state index contributed by atoms with van der Waals surface area (Å²) in [6.07, 6.45) is 0.365. The fraction of sp³-hybridized carbons (Fsp3) is 0.409. The fourth-order valence-corrected chi connectivity index (χ4v) is 3.70. The van der Waals surface area contributed by atoms with Crippen LogP contribution in [0.15, 0.2) is 54.6 Å². The maximum absolute atomic E-state index is 13.1. The summed E-state index contributed by atoms with van der Waals surface area (Å²) in [5.74, 6) is 0.301. The van der Waals surface area contributed by atoms with Crippen molar-refractivity contribution in [1.29, 1.82) is 0 Å². The summed E-state index contributed by atoms with van der Waals surface area (Å²) in [6.45, 7) is 5.54. The number of nitrogens with zero attached hydrogens (tertiary/aromatic N) is 1. The lowest BCUT2D eigenvalue weighted by atomic mass is 10.1. The molecule has 4 rings (SSSR count). The van der Waals surface area contributed by atoms with Crippen LogP contribution in [0.3, 0.4) is 0 Å².